The molecule has 0 radical (unpaired) electrons. The molecule has 0 saturated heterocycles. The minimum Gasteiger partial charge on any atom is -0.389 e. The van der Waals surface area contributed by atoms with Crippen molar-refractivity contribution in [3.8, 4) is 0 Å². The minimum absolute atomic E-state index is 0.129. The highest BCUT2D eigenvalue weighted by Crippen LogP contribution is 2.12. The molecule has 0 aliphatic heterocycles. The third-order valence-electron chi connectivity index (χ3n) is 2.37. The lowest BCUT2D eigenvalue weighted by atomic mass is 10.1. The van der Waals surface area contributed by atoms with Gasteiger partial charge in [0, 0.05) is 11.8 Å². The van der Waals surface area contributed by atoms with E-state index in [2.05, 4.69) is 14.9 Å². The van der Waals surface area contributed by atoms with Gasteiger partial charge in [-0.25, -0.2) is 8.42 Å². The topological polar surface area (TPSA) is 101 Å². The first kappa shape index (κ1) is 13.5. The molecule has 0 spiro atoms. The third-order valence-corrected chi connectivity index (χ3v) is 3.86. The van der Waals surface area contributed by atoms with E-state index in [-0.39, 0.29) is 10.7 Å². The van der Waals surface area contributed by atoms with Crippen molar-refractivity contribution in [3.05, 3.63) is 47.8 Å². The van der Waals surface area contributed by atoms with Crippen LogP contribution >= 0.6 is 12.2 Å². The summed E-state index contributed by atoms with van der Waals surface area (Å²) in [6.07, 6.45) is 2.86. The molecule has 1 aromatic heterocycles. The van der Waals surface area contributed by atoms with Gasteiger partial charge in [0.25, 0.3) is 0 Å². The molecule has 2 rings (SSSR count). The molecule has 6 nitrogen and oxygen atoms in total. The fourth-order valence-corrected chi connectivity index (χ4v) is 2.82. The van der Waals surface area contributed by atoms with Gasteiger partial charge < -0.3 is 5.73 Å². The van der Waals surface area contributed by atoms with Crippen LogP contribution in [0.2, 0.25) is 0 Å². The summed E-state index contributed by atoms with van der Waals surface area (Å²) in [6, 6.07) is 6.77. The monoisotopic (exact) mass is 296 g/mol. The van der Waals surface area contributed by atoms with E-state index in [1.807, 2.05) is 0 Å². The van der Waals surface area contributed by atoms with E-state index in [1.165, 1.54) is 12.4 Å². The van der Waals surface area contributed by atoms with Crippen molar-refractivity contribution in [2.24, 2.45) is 5.73 Å². The van der Waals surface area contributed by atoms with Gasteiger partial charge in [-0.2, -0.15) is 5.10 Å². The van der Waals surface area contributed by atoms with Gasteiger partial charge in [0.05, 0.1) is 17.6 Å². The molecule has 2 aromatic rings. The van der Waals surface area contributed by atoms with Crippen molar-refractivity contribution < 1.29 is 8.42 Å². The number of thiocarbonyl (C=S) groups is 1. The number of sulfonamides is 1. The van der Waals surface area contributed by atoms with Gasteiger partial charge in [-0.3, -0.25) is 9.82 Å². The average Bonchev–Trinajstić information content (AvgIpc) is 2.81. The van der Waals surface area contributed by atoms with Crippen LogP contribution in [0.15, 0.2) is 36.7 Å². The van der Waals surface area contributed by atoms with Gasteiger partial charge in [0.2, 0.25) is 10.0 Å². The van der Waals surface area contributed by atoms with Crippen LogP contribution in [-0.4, -0.2) is 23.6 Å². The molecule has 0 saturated carbocycles. The zero-order valence-corrected chi connectivity index (χ0v) is 11.5. The molecule has 100 valence electrons. The fourth-order valence-electron chi connectivity index (χ4n) is 1.51. The first-order chi connectivity index (χ1) is 8.96. The maximum absolute atomic E-state index is 11.9. The van der Waals surface area contributed by atoms with Crippen LogP contribution in [0.1, 0.15) is 11.1 Å². The first-order valence-electron chi connectivity index (χ1n) is 5.34. The zero-order chi connectivity index (χ0) is 13.9. The second-order valence-corrected chi connectivity index (χ2v) is 6.07. The Bertz CT molecular complexity index is 663. The van der Waals surface area contributed by atoms with Crippen molar-refractivity contribution in [1.29, 1.82) is 0 Å². The molecular formula is C11H12N4O2S2. The number of anilines is 1. The molecule has 4 N–H and O–H groups in total. The number of aromatic nitrogens is 2. The van der Waals surface area contributed by atoms with Crippen molar-refractivity contribution in [3.63, 3.8) is 0 Å². The van der Waals surface area contributed by atoms with Crippen LogP contribution in [0.25, 0.3) is 0 Å². The molecule has 0 bridgehead atoms. The lowest BCUT2D eigenvalue weighted by molar-refractivity contribution is 0.600. The summed E-state index contributed by atoms with van der Waals surface area (Å²) in [5.41, 5.74) is 7.23. The predicted octanol–water partition coefficient (Wildman–Crippen LogP) is 0.986. The summed E-state index contributed by atoms with van der Waals surface area (Å²) in [4.78, 5) is 0.283. The Balaban J connectivity index is 2.09. The van der Waals surface area contributed by atoms with Gasteiger partial charge in [-0.1, -0.05) is 36.5 Å². The van der Waals surface area contributed by atoms with Crippen LogP contribution in [0.5, 0.6) is 0 Å². The molecular weight excluding hydrogens is 284 g/mol. The molecule has 1 aromatic carbocycles. The second-order valence-electron chi connectivity index (χ2n) is 3.91. The number of hydrogen-bond donors (Lipinski definition) is 3. The highest BCUT2D eigenvalue weighted by Gasteiger charge is 2.12. The molecule has 8 heteroatoms. The lowest BCUT2D eigenvalue weighted by Gasteiger charge is -2.06. The zero-order valence-electron chi connectivity index (χ0n) is 9.83. The van der Waals surface area contributed by atoms with Gasteiger partial charge in [0.1, 0.15) is 4.99 Å². The van der Waals surface area contributed by atoms with Gasteiger partial charge in [-0.05, 0) is 5.56 Å². The summed E-state index contributed by atoms with van der Waals surface area (Å²) in [7, 11) is -3.46. The number of hydrogen-bond acceptors (Lipinski definition) is 4. The smallest absolute Gasteiger partial charge is 0.237 e. The maximum Gasteiger partial charge on any atom is 0.237 e. The molecule has 0 fully saturated rings. The fraction of sp³-hybridized carbons (Fsp3) is 0.0909. The predicted molar refractivity (Wildman–Crippen MR) is 77.2 cm³/mol. The Morgan fingerprint density at radius 3 is 2.58 bits per heavy atom. The molecule has 0 amide bonds. The summed E-state index contributed by atoms with van der Waals surface area (Å²) in [5, 5.41) is 6.20. The molecule has 0 aliphatic carbocycles. The Morgan fingerprint density at radius 1 is 1.37 bits per heavy atom. The minimum atomic E-state index is -3.46. The number of nitrogens with one attached hydrogen (secondary N) is 2. The molecule has 0 unspecified atom stereocenters. The lowest BCUT2D eigenvalue weighted by Crippen LogP contribution is -2.15. The maximum atomic E-state index is 11.9. The van der Waals surface area contributed by atoms with E-state index in [0.717, 1.165) is 0 Å². The van der Waals surface area contributed by atoms with Crippen LogP contribution in [0.3, 0.4) is 0 Å². The standard InChI is InChI=1S/C11H12N4O2S2/c12-11(18)9-3-1-8(2-4-9)7-19(16,17)15-10-5-13-14-6-10/h1-6,15H,7H2,(H2,12,18)(H,13,14). The molecule has 1 heterocycles. The number of nitrogens with zero attached hydrogens (tertiary/aromatic N) is 1. The molecule has 0 aliphatic rings. The van der Waals surface area contributed by atoms with Crippen LogP contribution in [0, 0.1) is 0 Å². The summed E-state index contributed by atoms with van der Waals surface area (Å²) < 4.78 is 26.2. The number of nitrogens with two attached hydrogens (primary N) is 1. The van der Waals surface area contributed by atoms with Gasteiger partial charge in [-0.15, -0.1) is 0 Å². The number of benzene rings is 1. The second kappa shape index (κ2) is 5.37. The van der Waals surface area contributed by atoms with E-state index >= 15 is 0 Å². The van der Waals surface area contributed by atoms with Crippen LogP contribution in [0.4, 0.5) is 5.69 Å². The Morgan fingerprint density at radius 2 is 2.05 bits per heavy atom. The van der Waals surface area contributed by atoms with Gasteiger partial charge >= 0.3 is 0 Å². The van der Waals surface area contributed by atoms with E-state index in [9.17, 15) is 8.42 Å². The van der Waals surface area contributed by atoms with Crippen molar-refractivity contribution in [2.75, 3.05) is 4.72 Å². The van der Waals surface area contributed by atoms with Gasteiger partial charge in [0.15, 0.2) is 0 Å². The Kier molecular flexibility index (Phi) is 3.82. The quantitative estimate of drug-likeness (QED) is 0.714. The average molecular weight is 296 g/mol. The molecule has 19 heavy (non-hydrogen) atoms. The summed E-state index contributed by atoms with van der Waals surface area (Å²) >= 11 is 4.83. The number of H-pyrrole nitrogens is 1. The van der Waals surface area contributed by atoms with E-state index < -0.39 is 10.0 Å². The Hall–Kier alpha value is -1.93. The first-order valence-corrected chi connectivity index (χ1v) is 7.40. The SMILES string of the molecule is NC(=S)c1ccc(CS(=O)(=O)Nc2cn[nH]c2)cc1. The molecule has 0 atom stereocenters. The highest BCUT2D eigenvalue weighted by atomic mass is 32.2. The summed E-state index contributed by atoms with van der Waals surface area (Å²) in [6.45, 7) is 0. The van der Waals surface area contributed by atoms with E-state index in [1.54, 1.807) is 24.3 Å². The largest absolute Gasteiger partial charge is 0.389 e. The van der Waals surface area contributed by atoms with Crippen molar-refractivity contribution >= 4 is 32.9 Å². The highest BCUT2D eigenvalue weighted by molar-refractivity contribution is 7.91. The van der Waals surface area contributed by atoms with E-state index in [0.29, 0.717) is 16.8 Å². The Labute approximate surface area is 116 Å². The van der Waals surface area contributed by atoms with Crippen molar-refractivity contribution in [2.45, 2.75) is 5.75 Å². The number of rotatable bonds is 5. The van der Waals surface area contributed by atoms with Crippen LogP contribution < -0.4 is 10.5 Å². The van der Waals surface area contributed by atoms with E-state index in [4.69, 9.17) is 18.0 Å². The normalized spacial score (nSPS) is 11.2. The van der Waals surface area contributed by atoms with Crippen LogP contribution in [-0.2, 0) is 15.8 Å². The number of aromatic amines is 1. The van der Waals surface area contributed by atoms with Crippen molar-refractivity contribution in [1.82, 2.24) is 10.2 Å². The summed E-state index contributed by atoms with van der Waals surface area (Å²) in [5.74, 6) is -0.129. The third kappa shape index (κ3) is 3.76.